The van der Waals surface area contributed by atoms with E-state index in [-0.39, 0.29) is 0 Å². The Balaban J connectivity index is 1.90. The number of ether oxygens (including phenoxy) is 2. The highest BCUT2D eigenvalue weighted by Gasteiger charge is 2.55. The molecule has 0 unspecified atom stereocenters. The summed E-state index contributed by atoms with van der Waals surface area (Å²) in [6, 6.07) is 13.2. The van der Waals surface area contributed by atoms with Gasteiger partial charge in [0, 0.05) is 23.3 Å². The predicted molar refractivity (Wildman–Crippen MR) is 157 cm³/mol. The summed E-state index contributed by atoms with van der Waals surface area (Å²) in [5, 5.41) is 41.6. The third kappa shape index (κ3) is 6.14. The van der Waals surface area contributed by atoms with Crippen LogP contribution in [0.4, 0.5) is 0 Å². The number of aliphatic hydroxyl groups is 4. The van der Waals surface area contributed by atoms with E-state index in [2.05, 4.69) is 53.0 Å². The minimum atomic E-state index is -1.82. The number of halogens is 1. The first-order valence-electron chi connectivity index (χ1n) is 13.6. The highest BCUT2D eigenvalue weighted by atomic mass is 35.5. The van der Waals surface area contributed by atoms with Gasteiger partial charge in [0.2, 0.25) is 5.79 Å². The van der Waals surface area contributed by atoms with Crippen LogP contribution in [0.3, 0.4) is 0 Å². The molecule has 8 heteroatoms. The van der Waals surface area contributed by atoms with Crippen molar-refractivity contribution in [3.05, 3.63) is 69.7 Å². The molecular weight excluding hydrogens is 532 g/mol. The molecule has 3 rings (SSSR count). The number of hydrogen-bond acceptors (Lipinski definition) is 6. The Morgan fingerprint density at radius 2 is 1.54 bits per heavy atom. The monoisotopic (exact) mass is 574 g/mol. The molecular formula is C31H43ClO6Si. The van der Waals surface area contributed by atoms with Gasteiger partial charge in [0.25, 0.3) is 0 Å². The van der Waals surface area contributed by atoms with Crippen LogP contribution >= 0.6 is 11.6 Å². The van der Waals surface area contributed by atoms with E-state index in [4.69, 9.17) is 21.1 Å². The van der Waals surface area contributed by atoms with Crippen LogP contribution in [-0.4, -0.2) is 66.6 Å². The van der Waals surface area contributed by atoms with Crippen molar-refractivity contribution in [1.29, 1.82) is 0 Å². The van der Waals surface area contributed by atoms with Gasteiger partial charge in [-0.05, 0) is 58.4 Å². The minimum Gasteiger partial charge on any atom is -0.394 e. The molecule has 39 heavy (non-hydrogen) atoms. The van der Waals surface area contributed by atoms with E-state index in [9.17, 15) is 20.4 Å². The Labute approximate surface area is 239 Å². The third-order valence-corrected chi connectivity index (χ3v) is 15.0. The zero-order valence-electron chi connectivity index (χ0n) is 24.0. The van der Waals surface area contributed by atoms with Crippen LogP contribution in [0, 0.1) is 11.5 Å². The predicted octanol–water partition coefficient (Wildman–Crippen LogP) is 4.77. The van der Waals surface area contributed by atoms with E-state index < -0.39 is 44.9 Å². The fraction of sp³-hybridized carbons (Fsp3) is 0.548. The van der Waals surface area contributed by atoms with E-state index in [0.717, 1.165) is 16.7 Å². The maximum atomic E-state index is 10.8. The first-order valence-corrected chi connectivity index (χ1v) is 16.2. The van der Waals surface area contributed by atoms with Gasteiger partial charge >= 0.3 is 0 Å². The lowest BCUT2D eigenvalue weighted by atomic mass is 9.87. The molecule has 1 heterocycles. The Kier molecular flexibility index (Phi) is 10.5. The summed E-state index contributed by atoms with van der Waals surface area (Å²) in [6.45, 7) is 13.3. The first kappa shape index (κ1) is 31.8. The van der Waals surface area contributed by atoms with Crippen molar-refractivity contribution in [1.82, 2.24) is 0 Å². The van der Waals surface area contributed by atoms with Gasteiger partial charge in [0.1, 0.15) is 32.5 Å². The highest BCUT2D eigenvalue weighted by molar-refractivity contribution is 6.90. The summed E-state index contributed by atoms with van der Waals surface area (Å²) in [6.07, 6.45) is -5.26. The first-order chi connectivity index (χ1) is 18.3. The number of rotatable bonds is 8. The number of aliphatic hydroxyl groups excluding tert-OH is 4. The molecule has 0 amide bonds. The Hall–Kier alpha value is -1.73. The average molecular weight is 575 g/mol. The number of methoxy groups -OCH3 is 1. The summed E-state index contributed by atoms with van der Waals surface area (Å²) in [5.74, 6) is 1.69. The van der Waals surface area contributed by atoms with Gasteiger partial charge in [-0.25, -0.2) is 0 Å². The Morgan fingerprint density at radius 3 is 2.05 bits per heavy atom. The molecule has 5 atom stereocenters. The molecule has 6 nitrogen and oxygen atoms in total. The molecule has 1 aliphatic rings. The van der Waals surface area contributed by atoms with E-state index in [1.54, 1.807) is 18.2 Å². The van der Waals surface area contributed by atoms with Crippen molar-refractivity contribution in [3.8, 4) is 11.5 Å². The van der Waals surface area contributed by atoms with E-state index in [0.29, 0.717) is 33.6 Å². The second-order valence-corrected chi connectivity index (χ2v) is 17.5. The summed E-state index contributed by atoms with van der Waals surface area (Å²) in [7, 11) is -0.482. The highest BCUT2D eigenvalue weighted by Crippen LogP contribution is 2.42. The topological polar surface area (TPSA) is 99.4 Å². The van der Waals surface area contributed by atoms with Crippen LogP contribution in [0.2, 0.25) is 21.6 Å². The van der Waals surface area contributed by atoms with Crippen LogP contribution in [0.25, 0.3) is 0 Å². The lowest BCUT2D eigenvalue weighted by molar-refractivity contribution is -0.366. The van der Waals surface area contributed by atoms with Gasteiger partial charge in [0.05, 0.1) is 6.61 Å². The zero-order valence-corrected chi connectivity index (χ0v) is 25.7. The summed E-state index contributed by atoms with van der Waals surface area (Å²) >= 11 is 6.55. The fourth-order valence-corrected chi connectivity index (χ4v) is 11.5. The second-order valence-electron chi connectivity index (χ2n) is 11.5. The van der Waals surface area contributed by atoms with E-state index in [1.165, 1.54) is 7.11 Å². The van der Waals surface area contributed by atoms with Crippen LogP contribution in [-0.2, 0) is 21.7 Å². The number of hydrogen-bond donors (Lipinski definition) is 4. The molecule has 4 N–H and O–H groups in total. The van der Waals surface area contributed by atoms with Gasteiger partial charge < -0.3 is 29.9 Å². The summed E-state index contributed by atoms with van der Waals surface area (Å²) in [4.78, 5) is 0. The van der Waals surface area contributed by atoms with Crippen molar-refractivity contribution >= 4 is 19.7 Å². The molecule has 0 aliphatic carbocycles. The Morgan fingerprint density at radius 1 is 0.949 bits per heavy atom. The SMILES string of the molecule is CO[C@@]1(c2ccc(Cl)c(Cc3ccc(C#C[Si](C(C)C)(C(C)C)C(C)C)cc3)c2)O[C@H](CO)[C@@H](O)[C@H](O)[C@H]1O. The van der Waals surface area contributed by atoms with E-state index in [1.807, 2.05) is 24.3 Å². The molecule has 214 valence electrons. The molecule has 2 aromatic rings. The van der Waals surface area contributed by atoms with Crippen LogP contribution in [0.5, 0.6) is 0 Å². The van der Waals surface area contributed by atoms with Crippen molar-refractivity contribution in [2.75, 3.05) is 13.7 Å². The van der Waals surface area contributed by atoms with Gasteiger partial charge in [-0.1, -0.05) is 77.3 Å². The van der Waals surface area contributed by atoms with Gasteiger partial charge in [0.15, 0.2) is 0 Å². The van der Waals surface area contributed by atoms with Crippen molar-refractivity contribution in [3.63, 3.8) is 0 Å². The molecule has 0 saturated carbocycles. The fourth-order valence-electron chi connectivity index (χ4n) is 6.13. The summed E-state index contributed by atoms with van der Waals surface area (Å²) < 4.78 is 11.4. The molecule has 1 aliphatic heterocycles. The standard InChI is InChI=1S/C31H43ClO6Si/c1-19(2)39(20(3)4,21(5)6)15-14-22-8-10-23(11-9-22)16-24-17-25(12-13-26(24)32)31(37-7)30(36)29(35)28(34)27(18-33)38-31/h8-13,17,19-21,27-30,33-36H,16,18H2,1-7H3/t27-,28-,29+,30-,31+/m1/s1. The average Bonchev–Trinajstić information content (AvgIpc) is 2.90. The maximum Gasteiger partial charge on any atom is 0.224 e. The van der Waals surface area contributed by atoms with Crippen molar-refractivity contribution in [2.24, 2.45) is 0 Å². The Bertz CT molecular complexity index is 1150. The quantitative estimate of drug-likeness (QED) is 0.268. The van der Waals surface area contributed by atoms with Crippen LogP contribution in [0.1, 0.15) is 63.8 Å². The second kappa shape index (κ2) is 12.8. The molecule has 1 fully saturated rings. The van der Waals surface area contributed by atoms with Crippen molar-refractivity contribution in [2.45, 2.75) is 94.8 Å². The minimum absolute atomic E-state index is 0.418. The summed E-state index contributed by atoms with van der Waals surface area (Å²) in [5.41, 5.74) is 8.66. The largest absolute Gasteiger partial charge is 0.394 e. The molecule has 2 aromatic carbocycles. The molecule has 0 radical (unpaired) electrons. The molecule has 1 saturated heterocycles. The molecule has 0 bridgehead atoms. The van der Waals surface area contributed by atoms with Gasteiger partial charge in [-0.15, -0.1) is 5.54 Å². The van der Waals surface area contributed by atoms with Gasteiger partial charge in [-0.3, -0.25) is 0 Å². The number of benzene rings is 2. The normalized spacial score (nSPS) is 25.7. The van der Waals surface area contributed by atoms with Crippen LogP contribution in [0.15, 0.2) is 42.5 Å². The maximum absolute atomic E-state index is 10.8. The van der Waals surface area contributed by atoms with Crippen molar-refractivity contribution < 1.29 is 29.9 Å². The van der Waals surface area contributed by atoms with Gasteiger partial charge in [-0.2, -0.15) is 0 Å². The smallest absolute Gasteiger partial charge is 0.224 e. The van der Waals surface area contributed by atoms with Crippen LogP contribution < -0.4 is 0 Å². The zero-order chi connectivity index (χ0) is 29.1. The third-order valence-electron chi connectivity index (χ3n) is 8.34. The lowest BCUT2D eigenvalue weighted by Crippen LogP contribution is -2.64. The lowest BCUT2D eigenvalue weighted by Gasteiger charge is -2.47. The molecule has 0 aromatic heterocycles. The van der Waals surface area contributed by atoms with E-state index >= 15 is 0 Å². The molecule has 0 spiro atoms.